The van der Waals surface area contributed by atoms with Crippen LogP contribution in [0.4, 0.5) is 0 Å². The molecule has 0 saturated heterocycles. The molecule has 0 bridgehead atoms. The number of aromatic nitrogens is 1. The highest BCUT2D eigenvalue weighted by Gasteiger charge is 2.14. The number of pyridine rings is 1. The first-order chi connectivity index (χ1) is 15.5. The summed E-state index contributed by atoms with van der Waals surface area (Å²) in [5, 5.41) is 0.604. The molecule has 1 atom stereocenters. The first-order valence-electron chi connectivity index (χ1n) is 10.4. The van der Waals surface area contributed by atoms with E-state index in [1.54, 1.807) is 42.6 Å². The summed E-state index contributed by atoms with van der Waals surface area (Å²) in [4.78, 5) is 19.0. The lowest BCUT2D eigenvalue weighted by atomic mass is 10.1. The van der Waals surface area contributed by atoms with Crippen LogP contribution < -0.4 is 4.74 Å². The van der Waals surface area contributed by atoms with E-state index in [9.17, 15) is 4.79 Å². The van der Waals surface area contributed by atoms with Crippen LogP contribution in [0.25, 0.3) is 6.08 Å². The second-order valence-corrected chi connectivity index (χ2v) is 7.84. The van der Waals surface area contributed by atoms with Crippen molar-refractivity contribution >= 4 is 23.6 Å². The Morgan fingerprint density at radius 2 is 1.81 bits per heavy atom. The number of carbonyl (C=O) groups excluding carboxylic acids is 1. The van der Waals surface area contributed by atoms with Gasteiger partial charge in [0.2, 0.25) is 5.91 Å². The second kappa shape index (κ2) is 12.0. The average molecular weight is 451 g/mol. The zero-order valence-corrected chi connectivity index (χ0v) is 19.0. The van der Waals surface area contributed by atoms with E-state index in [2.05, 4.69) is 4.98 Å². The Hall–Kier alpha value is -3.15. The Morgan fingerprint density at radius 3 is 2.56 bits per heavy atom. The maximum Gasteiger partial charge on any atom is 0.247 e. The summed E-state index contributed by atoms with van der Waals surface area (Å²) >= 11 is 6.22. The lowest BCUT2D eigenvalue weighted by Crippen LogP contribution is -2.28. The third kappa shape index (κ3) is 7.22. The van der Waals surface area contributed by atoms with E-state index >= 15 is 0 Å². The van der Waals surface area contributed by atoms with Crippen LogP contribution in [0.2, 0.25) is 5.02 Å². The highest BCUT2D eigenvalue weighted by molar-refractivity contribution is 6.32. The smallest absolute Gasteiger partial charge is 0.247 e. The largest absolute Gasteiger partial charge is 0.488 e. The van der Waals surface area contributed by atoms with Crippen LogP contribution in [0.3, 0.4) is 0 Å². The van der Waals surface area contributed by atoms with Gasteiger partial charge in [-0.2, -0.15) is 0 Å². The van der Waals surface area contributed by atoms with E-state index in [0.29, 0.717) is 24.7 Å². The number of carbonyl (C=O) groups is 1. The maximum atomic E-state index is 13.1. The summed E-state index contributed by atoms with van der Waals surface area (Å²) in [6.07, 6.45) is 6.69. The van der Waals surface area contributed by atoms with Crippen molar-refractivity contribution in [2.75, 3.05) is 13.7 Å². The minimum Gasteiger partial charge on any atom is -0.488 e. The topological polar surface area (TPSA) is 51.7 Å². The van der Waals surface area contributed by atoms with Crippen LogP contribution >= 0.6 is 11.6 Å². The van der Waals surface area contributed by atoms with Gasteiger partial charge >= 0.3 is 0 Å². The van der Waals surface area contributed by atoms with Crippen LogP contribution in [-0.2, 0) is 22.6 Å². The Morgan fingerprint density at radius 1 is 1.06 bits per heavy atom. The monoisotopic (exact) mass is 450 g/mol. The molecule has 0 N–H and O–H groups in total. The van der Waals surface area contributed by atoms with Crippen LogP contribution in [0.1, 0.15) is 23.6 Å². The normalized spacial score (nSPS) is 12.0. The van der Waals surface area contributed by atoms with Gasteiger partial charge in [-0.25, -0.2) is 0 Å². The summed E-state index contributed by atoms with van der Waals surface area (Å²) in [5.74, 6) is 0.635. The number of halogens is 1. The first-order valence-corrected chi connectivity index (χ1v) is 10.8. The molecule has 1 amide bonds. The Balaban J connectivity index is 1.78. The van der Waals surface area contributed by atoms with Gasteiger partial charge in [-0.05, 0) is 60.0 Å². The van der Waals surface area contributed by atoms with Gasteiger partial charge in [0.05, 0.1) is 6.61 Å². The molecule has 0 aliphatic carbocycles. The first kappa shape index (κ1) is 23.5. The number of hydrogen-bond acceptors (Lipinski definition) is 4. The van der Waals surface area contributed by atoms with Gasteiger partial charge in [0.1, 0.15) is 11.9 Å². The Labute approximate surface area is 194 Å². The third-order valence-corrected chi connectivity index (χ3v) is 5.10. The van der Waals surface area contributed by atoms with Gasteiger partial charge in [-0.3, -0.25) is 9.78 Å². The van der Waals surface area contributed by atoms with Crippen molar-refractivity contribution in [1.29, 1.82) is 0 Å². The molecule has 0 spiro atoms. The standard InChI is InChI=1S/C26H27ClN2O3/c1-20(19-31-2)32-24-8-5-6-22(16-24)18-29(17-21-12-14-28-15-13-21)26(30)11-10-23-7-3-4-9-25(23)27/h3-16,20H,17-19H2,1-2H3/b11-10+. The fourth-order valence-electron chi connectivity index (χ4n) is 3.24. The number of rotatable bonds is 10. The summed E-state index contributed by atoms with van der Waals surface area (Å²) in [5.41, 5.74) is 2.77. The highest BCUT2D eigenvalue weighted by atomic mass is 35.5. The minimum atomic E-state index is -0.110. The molecular weight excluding hydrogens is 424 g/mol. The third-order valence-electron chi connectivity index (χ3n) is 4.76. The van der Waals surface area contributed by atoms with Crippen molar-refractivity contribution < 1.29 is 14.3 Å². The number of amides is 1. The van der Waals surface area contributed by atoms with Crippen molar-refractivity contribution in [3.63, 3.8) is 0 Å². The predicted octanol–water partition coefficient (Wildman–Crippen LogP) is 5.39. The Kier molecular flexibility index (Phi) is 8.84. The summed E-state index contributed by atoms with van der Waals surface area (Å²) in [6.45, 7) is 3.35. The van der Waals surface area contributed by atoms with Crippen molar-refractivity contribution in [1.82, 2.24) is 9.88 Å². The molecule has 1 aromatic heterocycles. The van der Waals surface area contributed by atoms with Gasteiger partial charge < -0.3 is 14.4 Å². The number of benzene rings is 2. The number of nitrogens with zero attached hydrogens (tertiary/aromatic N) is 2. The van der Waals surface area contributed by atoms with Crippen LogP contribution in [-0.4, -0.2) is 35.6 Å². The van der Waals surface area contributed by atoms with Crippen LogP contribution in [0.15, 0.2) is 79.1 Å². The summed E-state index contributed by atoms with van der Waals surface area (Å²) in [7, 11) is 1.65. The molecule has 3 aromatic rings. The van der Waals surface area contributed by atoms with Crippen molar-refractivity contribution in [3.05, 3.63) is 101 Å². The number of hydrogen-bond donors (Lipinski definition) is 0. The lowest BCUT2D eigenvalue weighted by Gasteiger charge is -2.22. The molecule has 0 saturated carbocycles. The van der Waals surface area contributed by atoms with Gasteiger partial charge in [-0.1, -0.05) is 41.9 Å². The molecule has 0 aliphatic heterocycles. The summed E-state index contributed by atoms with van der Waals surface area (Å²) < 4.78 is 11.0. The molecule has 3 rings (SSSR count). The van der Waals surface area contributed by atoms with Crippen LogP contribution in [0.5, 0.6) is 5.75 Å². The fourth-order valence-corrected chi connectivity index (χ4v) is 3.43. The molecular formula is C26H27ClN2O3. The molecule has 1 heterocycles. The van der Waals surface area contributed by atoms with E-state index in [4.69, 9.17) is 21.1 Å². The quantitative estimate of drug-likeness (QED) is 0.388. The fraction of sp³-hybridized carbons (Fsp3) is 0.231. The molecule has 32 heavy (non-hydrogen) atoms. The zero-order valence-electron chi connectivity index (χ0n) is 18.3. The molecule has 166 valence electrons. The van der Waals surface area contributed by atoms with Crippen LogP contribution in [0, 0.1) is 0 Å². The number of ether oxygens (including phenoxy) is 2. The van der Waals surface area contributed by atoms with Gasteiger partial charge in [0.25, 0.3) is 0 Å². The lowest BCUT2D eigenvalue weighted by molar-refractivity contribution is -0.127. The molecule has 0 radical (unpaired) electrons. The minimum absolute atomic E-state index is 0.0663. The van der Waals surface area contributed by atoms with E-state index in [1.165, 1.54) is 0 Å². The molecule has 6 heteroatoms. The molecule has 5 nitrogen and oxygen atoms in total. The van der Waals surface area contributed by atoms with E-state index < -0.39 is 0 Å². The molecule has 0 fully saturated rings. The Bertz CT molecular complexity index is 1040. The molecule has 1 unspecified atom stereocenters. The number of methoxy groups -OCH3 is 1. The average Bonchev–Trinajstić information content (AvgIpc) is 2.79. The molecule has 0 aliphatic rings. The second-order valence-electron chi connectivity index (χ2n) is 7.44. The summed E-state index contributed by atoms with van der Waals surface area (Å²) in [6, 6.07) is 19.0. The molecule has 2 aromatic carbocycles. The zero-order chi connectivity index (χ0) is 22.8. The van der Waals surface area contributed by atoms with Gasteiger partial charge in [0, 0.05) is 43.7 Å². The van der Waals surface area contributed by atoms with E-state index in [0.717, 1.165) is 22.4 Å². The SMILES string of the molecule is COCC(C)Oc1cccc(CN(Cc2ccncc2)C(=O)/C=C/c2ccccc2Cl)c1. The van der Waals surface area contributed by atoms with Crippen molar-refractivity contribution in [2.45, 2.75) is 26.1 Å². The predicted molar refractivity (Wildman–Crippen MR) is 127 cm³/mol. The van der Waals surface area contributed by atoms with Crippen molar-refractivity contribution in [3.8, 4) is 5.75 Å². The maximum absolute atomic E-state index is 13.1. The van der Waals surface area contributed by atoms with E-state index in [1.807, 2.05) is 61.5 Å². The van der Waals surface area contributed by atoms with Crippen molar-refractivity contribution in [2.24, 2.45) is 0 Å². The van der Waals surface area contributed by atoms with E-state index in [-0.39, 0.29) is 12.0 Å². The highest BCUT2D eigenvalue weighted by Crippen LogP contribution is 2.19. The van der Waals surface area contributed by atoms with Gasteiger partial charge in [-0.15, -0.1) is 0 Å². The van der Waals surface area contributed by atoms with Gasteiger partial charge in [0.15, 0.2) is 0 Å².